The predicted molar refractivity (Wildman–Crippen MR) is 81.8 cm³/mol. The van der Waals surface area contributed by atoms with Crippen molar-refractivity contribution >= 4 is 36.5 Å². The van der Waals surface area contributed by atoms with Crippen LogP contribution in [0.5, 0.6) is 0 Å². The molecule has 108 valence electrons. The molecular weight excluding hydrogens is 287 g/mol. The molecule has 0 bridgehead atoms. The van der Waals surface area contributed by atoms with Gasteiger partial charge in [0.25, 0.3) is 5.91 Å². The van der Waals surface area contributed by atoms with Gasteiger partial charge in [-0.3, -0.25) is 4.79 Å². The molecule has 1 aromatic rings. The van der Waals surface area contributed by atoms with E-state index in [9.17, 15) is 4.79 Å². The Balaban J connectivity index is 0.00000162. The molecule has 0 saturated carbocycles. The van der Waals surface area contributed by atoms with Crippen LogP contribution in [0.3, 0.4) is 0 Å². The summed E-state index contributed by atoms with van der Waals surface area (Å²) in [7, 11) is 3.84. The lowest BCUT2D eigenvalue weighted by molar-refractivity contribution is 0.0942. The van der Waals surface area contributed by atoms with Gasteiger partial charge in [0.2, 0.25) is 0 Å². The highest BCUT2D eigenvalue weighted by molar-refractivity contribution is 5.94. The highest BCUT2D eigenvalue weighted by Gasteiger charge is 2.17. The Morgan fingerprint density at radius 3 is 2.53 bits per heavy atom. The largest absolute Gasteiger partial charge is 0.363 e. The standard InChI is InChI=1S/C12H18N4O.2ClH/c1-16(2)11-4-3-10(8-14-11)12(17)15-7-9-5-13-6-9;;/h3-4,8-9,13H,5-7H2,1-2H3,(H,15,17);2*1H. The Morgan fingerprint density at radius 1 is 1.42 bits per heavy atom. The van der Waals surface area contributed by atoms with Crippen molar-refractivity contribution in [2.45, 2.75) is 0 Å². The van der Waals surface area contributed by atoms with Gasteiger partial charge in [-0.15, -0.1) is 24.8 Å². The van der Waals surface area contributed by atoms with Crippen LogP contribution >= 0.6 is 24.8 Å². The quantitative estimate of drug-likeness (QED) is 0.869. The van der Waals surface area contributed by atoms with Gasteiger partial charge in [-0.1, -0.05) is 0 Å². The van der Waals surface area contributed by atoms with E-state index in [1.807, 2.05) is 25.1 Å². The first-order chi connectivity index (χ1) is 8.16. The average Bonchev–Trinajstić information content (AvgIpc) is 2.27. The van der Waals surface area contributed by atoms with Crippen LogP contribution in [0, 0.1) is 5.92 Å². The number of pyridine rings is 1. The maximum Gasteiger partial charge on any atom is 0.252 e. The lowest BCUT2D eigenvalue weighted by atomic mass is 10.0. The van der Waals surface area contributed by atoms with Crippen LogP contribution in [-0.2, 0) is 0 Å². The summed E-state index contributed by atoms with van der Waals surface area (Å²) in [5.74, 6) is 1.38. The fourth-order valence-electron chi connectivity index (χ4n) is 1.62. The van der Waals surface area contributed by atoms with Gasteiger partial charge in [-0.05, 0) is 12.1 Å². The normalized spacial score (nSPS) is 13.6. The Bertz CT molecular complexity index is 393. The van der Waals surface area contributed by atoms with Gasteiger partial charge in [0.15, 0.2) is 0 Å². The van der Waals surface area contributed by atoms with Crippen LogP contribution < -0.4 is 15.5 Å². The number of hydrogen-bond donors (Lipinski definition) is 2. The molecule has 2 N–H and O–H groups in total. The smallest absolute Gasteiger partial charge is 0.252 e. The molecule has 5 nitrogen and oxygen atoms in total. The summed E-state index contributed by atoms with van der Waals surface area (Å²) in [6.45, 7) is 2.73. The SMILES string of the molecule is CN(C)c1ccc(C(=O)NCC2CNC2)cn1.Cl.Cl. The number of carbonyl (C=O) groups excluding carboxylic acids is 1. The number of amides is 1. The van der Waals surface area contributed by atoms with Crippen molar-refractivity contribution in [3.8, 4) is 0 Å². The zero-order valence-electron chi connectivity index (χ0n) is 11.0. The molecule has 1 aliphatic heterocycles. The van der Waals surface area contributed by atoms with Gasteiger partial charge in [0, 0.05) is 45.8 Å². The van der Waals surface area contributed by atoms with E-state index in [2.05, 4.69) is 15.6 Å². The molecule has 0 radical (unpaired) electrons. The van der Waals surface area contributed by atoms with Crippen LogP contribution in [0.1, 0.15) is 10.4 Å². The van der Waals surface area contributed by atoms with Crippen molar-refractivity contribution in [1.82, 2.24) is 15.6 Å². The van der Waals surface area contributed by atoms with Gasteiger partial charge in [-0.2, -0.15) is 0 Å². The molecule has 1 aliphatic rings. The first-order valence-corrected chi connectivity index (χ1v) is 5.79. The molecule has 0 unspecified atom stereocenters. The second-order valence-electron chi connectivity index (χ2n) is 4.53. The van der Waals surface area contributed by atoms with E-state index >= 15 is 0 Å². The maximum absolute atomic E-state index is 11.8. The number of rotatable bonds is 4. The number of halogens is 2. The summed E-state index contributed by atoms with van der Waals surface area (Å²) in [5.41, 5.74) is 0.614. The van der Waals surface area contributed by atoms with Crippen LogP contribution in [-0.4, -0.2) is 44.6 Å². The number of anilines is 1. The number of nitrogens with zero attached hydrogens (tertiary/aromatic N) is 2. The van der Waals surface area contributed by atoms with Gasteiger partial charge < -0.3 is 15.5 Å². The molecule has 0 aliphatic carbocycles. The topological polar surface area (TPSA) is 57.3 Å². The van der Waals surface area contributed by atoms with Gasteiger partial charge in [-0.25, -0.2) is 4.98 Å². The maximum atomic E-state index is 11.8. The van der Waals surface area contributed by atoms with E-state index in [1.54, 1.807) is 12.3 Å². The van der Waals surface area contributed by atoms with E-state index in [0.29, 0.717) is 11.5 Å². The highest BCUT2D eigenvalue weighted by Crippen LogP contribution is 2.08. The lowest BCUT2D eigenvalue weighted by Gasteiger charge is -2.27. The van der Waals surface area contributed by atoms with Crippen LogP contribution in [0.4, 0.5) is 5.82 Å². The molecule has 0 spiro atoms. The molecule has 1 fully saturated rings. The van der Waals surface area contributed by atoms with E-state index in [1.165, 1.54) is 0 Å². The minimum absolute atomic E-state index is 0. The van der Waals surface area contributed by atoms with Crippen molar-refractivity contribution in [2.24, 2.45) is 5.92 Å². The predicted octanol–water partition coefficient (Wildman–Crippen LogP) is 0.940. The molecule has 2 heterocycles. The minimum atomic E-state index is -0.0466. The first-order valence-electron chi connectivity index (χ1n) is 5.79. The van der Waals surface area contributed by atoms with E-state index < -0.39 is 0 Å². The molecule has 7 heteroatoms. The van der Waals surface area contributed by atoms with Gasteiger partial charge in [0.1, 0.15) is 5.82 Å². The Kier molecular flexibility index (Phi) is 7.75. The zero-order valence-corrected chi connectivity index (χ0v) is 12.7. The second-order valence-corrected chi connectivity index (χ2v) is 4.53. The van der Waals surface area contributed by atoms with Crippen LogP contribution in [0.2, 0.25) is 0 Å². The summed E-state index contributed by atoms with van der Waals surface area (Å²) in [4.78, 5) is 17.9. The van der Waals surface area contributed by atoms with Crippen molar-refractivity contribution < 1.29 is 4.79 Å². The van der Waals surface area contributed by atoms with E-state index in [0.717, 1.165) is 25.5 Å². The Hall–Kier alpha value is -1.04. The summed E-state index contributed by atoms with van der Waals surface area (Å²) < 4.78 is 0. The fourth-order valence-corrected chi connectivity index (χ4v) is 1.62. The van der Waals surface area contributed by atoms with Crippen molar-refractivity contribution in [3.63, 3.8) is 0 Å². The molecule has 1 amide bonds. The molecular formula is C12H20Cl2N4O. The molecule has 19 heavy (non-hydrogen) atoms. The zero-order chi connectivity index (χ0) is 12.3. The second kappa shape index (κ2) is 8.19. The lowest BCUT2D eigenvalue weighted by Crippen LogP contribution is -2.48. The van der Waals surface area contributed by atoms with E-state index in [4.69, 9.17) is 0 Å². The van der Waals surface area contributed by atoms with Crippen molar-refractivity contribution in [1.29, 1.82) is 0 Å². The molecule has 2 rings (SSSR count). The Labute approximate surface area is 126 Å². The summed E-state index contributed by atoms with van der Waals surface area (Å²) in [6, 6.07) is 3.65. The first kappa shape index (κ1) is 18.0. The third kappa shape index (κ3) is 4.86. The summed E-state index contributed by atoms with van der Waals surface area (Å²) in [6.07, 6.45) is 1.61. The van der Waals surface area contributed by atoms with Crippen molar-refractivity contribution in [2.75, 3.05) is 38.6 Å². The average molecular weight is 307 g/mol. The van der Waals surface area contributed by atoms with Gasteiger partial charge in [0.05, 0.1) is 5.56 Å². The van der Waals surface area contributed by atoms with E-state index in [-0.39, 0.29) is 30.7 Å². The fraction of sp³-hybridized carbons (Fsp3) is 0.500. The van der Waals surface area contributed by atoms with Crippen LogP contribution in [0.15, 0.2) is 18.3 Å². The number of aromatic nitrogens is 1. The molecule has 1 aromatic heterocycles. The number of carbonyl (C=O) groups is 1. The molecule has 1 saturated heterocycles. The minimum Gasteiger partial charge on any atom is -0.363 e. The third-order valence-electron chi connectivity index (χ3n) is 2.89. The Morgan fingerprint density at radius 2 is 2.11 bits per heavy atom. The van der Waals surface area contributed by atoms with Crippen molar-refractivity contribution in [3.05, 3.63) is 23.9 Å². The van der Waals surface area contributed by atoms with Crippen LogP contribution in [0.25, 0.3) is 0 Å². The summed E-state index contributed by atoms with van der Waals surface area (Å²) in [5, 5.41) is 6.09. The summed E-state index contributed by atoms with van der Waals surface area (Å²) >= 11 is 0. The number of hydrogen-bond acceptors (Lipinski definition) is 4. The third-order valence-corrected chi connectivity index (χ3v) is 2.89. The monoisotopic (exact) mass is 306 g/mol. The highest BCUT2D eigenvalue weighted by atomic mass is 35.5. The molecule has 0 atom stereocenters. The van der Waals surface area contributed by atoms with Gasteiger partial charge >= 0.3 is 0 Å². The molecule has 0 aromatic carbocycles. The number of nitrogens with one attached hydrogen (secondary N) is 2.